The second-order valence-corrected chi connectivity index (χ2v) is 5.13. The second kappa shape index (κ2) is 6.06. The van der Waals surface area contributed by atoms with Crippen molar-refractivity contribution in [3.8, 4) is 0 Å². The maximum Gasteiger partial charge on any atom is 0.140 e. The van der Waals surface area contributed by atoms with E-state index in [0.29, 0.717) is 17.7 Å². The van der Waals surface area contributed by atoms with E-state index in [1.807, 2.05) is 0 Å². The summed E-state index contributed by atoms with van der Waals surface area (Å²) in [5.41, 5.74) is 5.80. The molecule has 0 bridgehead atoms. The molecule has 0 unspecified atom stereocenters. The second-order valence-electron chi connectivity index (χ2n) is 5.13. The van der Waals surface area contributed by atoms with Crippen molar-refractivity contribution in [2.45, 2.75) is 26.2 Å². The van der Waals surface area contributed by atoms with Gasteiger partial charge in [0.25, 0.3) is 0 Å². The molecule has 4 N–H and O–H groups in total. The van der Waals surface area contributed by atoms with E-state index in [1.54, 1.807) is 0 Å². The third kappa shape index (κ3) is 4.37. The maximum absolute atomic E-state index is 8.39. The van der Waals surface area contributed by atoms with Crippen molar-refractivity contribution in [3.05, 3.63) is 0 Å². The van der Waals surface area contributed by atoms with E-state index in [-0.39, 0.29) is 0 Å². The molecule has 1 saturated heterocycles. The Kier molecular flexibility index (Phi) is 5.02. The van der Waals surface area contributed by atoms with Crippen LogP contribution in [0.3, 0.4) is 0 Å². The standard InChI is InChI=1S/C11H24N4O/c1-11(4-7-15(2)8-5-11)9-13-6-3-10(12)14-16/h13,16H,3-9H2,1-2H3,(H2,12,14). The maximum atomic E-state index is 8.39. The van der Waals surface area contributed by atoms with Gasteiger partial charge in [0.15, 0.2) is 0 Å². The molecule has 0 saturated carbocycles. The number of nitrogens with one attached hydrogen (secondary N) is 1. The molecule has 1 aliphatic heterocycles. The van der Waals surface area contributed by atoms with Crippen LogP contribution < -0.4 is 11.1 Å². The molecule has 5 nitrogen and oxygen atoms in total. The monoisotopic (exact) mass is 228 g/mol. The molecule has 1 aliphatic rings. The molecule has 1 fully saturated rings. The molecule has 16 heavy (non-hydrogen) atoms. The molecule has 1 rings (SSSR count). The predicted molar refractivity (Wildman–Crippen MR) is 65.7 cm³/mol. The van der Waals surface area contributed by atoms with E-state index in [9.17, 15) is 0 Å². The van der Waals surface area contributed by atoms with Crippen molar-refractivity contribution < 1.29 is 5.21 Å². The number of likely N-dealkylation sites (tertiary alicyclic amines) is 1. The summed E-state index contributed by atoms with van der Waals surface area (Å²) in [7, 11) is 2.17. The molecule has 0 aromatic rings. The highest BCUT2D eigenvalue weighted by molar-refractivity contribution is 5.79. The molecule has 5 heteroatoms. The van der Waals surface area contributed by atoms with Gasteiger partial charge in [0.1, 0.15) is 5.84 Å². The summed E-state index contributed by atoms with van der Waals surface area (Å²) in [5, 5.41) is 14.7. The minimum absolute atomic E-state index is 0.293. The minimum Gasteiger partial charge on any atom is -0.409 e. The van der Waals surface area contributed by atoms with Gasteiger partial charge in [-0.05, 0) is 38.4 Å². The van der Waals surface area contributed by atoms with Gasteiger partial charge in [-0.15, -0.1) is 0 Å². The number of rotatable bonds is 5. The van der Waals surface area contributed by atoms with E-state index < -0.39 is 0 Å². The van der Waals surface area contributed by atoms with Crippen LogP contribution in [-0.4, -0.2) is 49.2 Å². The Morgan fingerprint density at radius 1 is 1.50 bits per heavy atom. The Labute approximate surface area is 97.7 Å². The normalized spacial score (nSPS) is 22.2. The summed E-state index contributed by atoms with van der Waals surface area (Å²) in [6, 6.07) is 0. The van der Waals surface area contributed by atoms with Crippen LogP contribution in [0.2, 0.25) is 0 Å². The summed E-state index contributed by atoms with van der Waals surface area (Å²) in [6.45, 7) is 6.48. The molecule has 0 amide bonds. The molecule has 0 atom stereocenters. The highest BCUT2D eigenvalue weighted by atomic mass is 16.4. The highest BCUT2D eigenvalue weighted by Crippen LogP contribution is 2.29. The van der Waals surface area contributed by atoms with Gasteiger partial charge in [-0.3, -0.25) is 0 Å². The van der Waals surface area contributed by atoms with Gasteiger partial charge in [-0.2, -0.15) is 0 Å². The molecule has 1 heterocycles. The van der Waals surface area contributed by atoms with Crippen LogP contribution in [0.5, 0.6) is 0 Å². The van der Waals surface area contributed by atoms with Crippen molar-refractivity contribution >= 4 is 5.84 Å². The summed E-state index contributed by atoms with van der Waals surface area (Å²) >= 11 is 0. The van der Waals surface area contributed by atoms with Gasteiger partial charge in [-0.1, -0.05) is 12.1 Å². The zero-order valence-corrected chi connectivity index (χ0v) is 10.4. The summed E-state index contributed by atoms with van der Waals surface area (Å²) in [5.74, 6) is 0.293. The fourth-order valence-corrected chi connectivity index (χ4v) is 1.99. The molecule has 0 spiro atoms. The molecular weight excluding hydrogens is 204 g/mol. The Morgan fingerprint density at radius 2 is 2.12 bits per heavy atom. The molecule has 0 radical (unpaired) electrons. The SMILES string of the molecule is CN1CCC(C)(CNCCC(N)=NO)CC1. The third-order valence-corrected chi connectivity index (χ3v) is 3.43. The fourth-order valence-electron chi connectivity index (χ4n) is 1.99. The first kappa shape index (κ1) is 13.3. The largest absolute Gasteiger partial charge is 0.409 e. The van der Waals surface area contributed by atoms with Crippen LogP contribution in [0.15, 0.2) is 5.16 Å². The molecule has 94 valence electrons. The van der Waals surface area contributed by atoms with Gasteiger partial charge in [0.05, 0.1) is 0 Å². The number of nitrogens with two attached hydrogens (primary N) is 1. The van der Waals surface area contributed by atoms with E-state index in [4.69, 9.17) is 10.9 Å². The number of nitrogens with zero attached hydrogens (tertiary/aromatic N) is 2. The number of hydrogen-bond acceptors (Lipinski definition) is 4. The van der Waals surface area contributed by atoms with Gasteiger partial charge in [0, 0.05) is 19.5 Å². The molecule has 0 aromatic heterocycles. The van der Waals surface area contributed by atoms with E-state index in [1.165, 1.54) is 25.9 Å². The number of oxime groups is 1. The lowest BCUT2D eigenvalue weighted by Crippen LogP contribution is -2.42. The number of hydrogen-bond donors (Lipinski definition) is 3. The lowest BCUT2D eigenvalue weighted by atomic mass is 9.80. The van der Waals surface area contributed by atoms with Crippen LogP contribution in [0.4, 0.5) is 0 Å². The van der Waals surface area contributed by atoms with Crippen LogP contribution in [0.1, 0.15) is 26.2 Å². The molecular formula is C11H24N4O. The smallest absolute Gasteiger partial charge is 0.140 e. The average molecular weight is 228 g/mol. The fraction of sp³-hybridized carbons (Fsp3) is 0.909. The zero-order chi connectivity index (χ0) is 12.0. The van der Waals surface area contributed by atoms with Gasteiger partial charge >= 0.3 is 0 Å². The zero-order valence-electron chi connectivity index (χ0n) is 10.4. The first-order chi connectivity index (χ1) is 7.56. The lowest BCUT2D eigenvalue weighted by molar-refractivity contribution is 0.137. The van der Waals surface area contributed by atoms with Crippen molar-refractivity contribution in [1.82, 2.24) is 10.2 Å². The van der Waals surface area contributed by atoms with Crippen molar-refractivity contribution in [1.29, 1.82) is 0 Å². The van der Waals surface area contributed by atoms with Crippen molar-refractivity contribution in [2.24, 2.45) is 16.3 Å². The predicted octanol–water partition coefficient (Wildman–Crippen LogP) is 0.444. The van der Waals surface area contributed by atoms with Crippen LogP contribution in [0.25, 0.3) is 0 Å². The minimum atomic E-state index is 0.293. The van der Waals surface area contributed by atoms with Crippen molar-refractivity contribution in [3.63, 3.8) is 0 Å². The highest BCUT2D eigenvalue weighted by Gasteiger charge is 2.28. The van der Waals surface area contributed by atoms with Crippen LogP contribution in [-0.2, 0) is 0 Å². The van der Waals surface area contributed by atoms with E-state index in [2.05, 4.69) is 29.3 Å². The van der Waals surface area contributed by atoms with Gasteiger partial charge in [0.2, 0.25) is 0 Å². The number of amidine groups is 1. The summed E-state index contributed by atoms with van der Waals surface area (Å²) in [4.78, 5) is 2.37. The summed E-state index contributed by atoms with van der Waals surface area (Å²) in [6.07, 6.45) is 3.08. The van der Waals surface area contributed by atoms with Crippen molar-refractivity contribution in [2.75, 3.05) is 33.2 Å². The quantitative estimate of drug-likeness (QED) is 0.210. The van der Waals surface area contributed by atoms with Crippen LogP contribution >= 0.6 is 0 Å². The summed E-state index contributed by atoms with van der Waals surface area (Å²) < 4.78 is 0. The first-order valence-electron chi connectivity index (χ1n) is 5.91. The van der Waals surface area contributed by atoms with Gasteiger partial charge in [-0.25, -0.2) is 0 Å². The van der Waals surface area contributed by atoms with E-state index in [0.717, 1.165) is 13.1 Å². The topological polar surface area (TPSA) is 73.9 Å². The Balaban J connectivity index is 2.17. The average Bonchev–Trinajstić information content (AvgIpc) is 2.29. The third-order valence-electron chi connectivity index (χ3n) is 3.43. The van der Waals surface area contributed by atoms with Gasteiger partial charge < -0.3 is 21.2 Å². The Hall–Kier alpha value is -0.810. The molecule has 0 aliphatic carbocycles. The Bertz CT molecular complexity index is 234. The number of piperidine rings is 1. The first-order valence-corrected chi connectivity index (χ1v) is 5.91. The van der Waals surface area contributed by atoms with E-state index >= 15 is 0 Å². The Morgan fingerprint density at radius 3 is 2.69 bits per heavy atom. The molecule has 0 aromatic carbocycles. The lowest BCUT2D eigenvalue weighted by Gasteiger charge is -2.38. The van der Waals surface area contributed by atoms with Crippen LogP contribution in [0, 0.1) is 5.41 Å².